The Bertz CT molecular complexity index is 227. The minimum atomic E-state index is 0.191. The SMILES string of the molecule is Cc1c(C)c(I)c(O)c(C)c1O. The summed E-state index contributed by atoms with van der Waals surface area (Å²) in [7, 11) is 0. The van der Waals surface area contributed by atoms with Crippen molar-refractivity contribution in [2.75, 3.05) is 0 Å². The second-order valence-electron chi connectivity index (χ2n) is 2.89. The number of halogens is 1. The molecule has 1 aromatic carbocycles. The topological polar surface area (TPSA) is 40.5 Å². The third-order valence-electron chi connectivity index (χ3n) is 2.17. The Morgan fingerprint density at radius 3 is 1.83 bits per heavy atom. The molecule has 0 fully saturated rings. The van der Waals surface area contributed by atoms with Crippen molar-refractivity contribution in [3.63, 3.8) is 0 Å². The predicted molar refractivity (Wildman–Crippen MR) is 56.7 cm³/mol. The standard InChI is InChI=1S/C9H11IO2/c1-4-5(2)8(11)6(3)9(12)7(4)10/h11-12H,1-3H3. The van der Waals surface area contributed by atoms with E-state index >= 15 is 0 Å². The van der Waals surface area contributed by atoms with Gasteiger partial charge in [-0.2, -0.15) is 0 Å². The van der Waals surface area contributed by atoms with Gasteiger partial charge in [-0.3, -0.25) is 0 Å². The molecule has 0 aliphatic rings. The zero-order valence-corrected chi connectivity index (χ0v) is 9.43. The molecule has 0 aliphatic carbocycles. The maximum atomic E-state index is 9.53. The molecule has 1 aromatic rings. The zero-order chi connectivity index (χ0) is 9.46. The first-order chi connectivity index (χ1) is 5.46. The van der Waals surface area contributed by atoms with Crippen molar-refractivity contribution in [2.45, 2.75) is 20.8 Å². The minimum absolute atomic E-state index is 0.191. The number of rotatable bonds is 0. The fourth-order valence-electron chi connectivity index (χ4n) is 1.08. The Hall–Kier alpha value is -0.450. The van der Waals surface area contributed by atoms with Crippen molar-refractivity contribution in [1.82, 2.24) is 0 Å². The van der Waals surface area contributed by atoms with Crippen LogP contribution in [-0.4, -0.2) is 10.2 Å². The number of phenols is 2. The molecule has 0 bridgehead atoms. The molecule has 2 nitrogen and oxygen atoms in total. The van der Waals surface area contributed by atoms with Crippen LogP contribution in [0.2, 0.25) is 0 Å². The lowest BCUT2D eigenvalue weighted by Gasteiger charge is -2.11. The highest BCUT2D eigenvalue weighted by atomic mass is 127. The summed E-state index contributed by atoms with van der Waals surface area (Å²) in [5.74, 6) is 0.390. The quantitative estimate of drug-likeness (QED) is 0.716. The van der Waals surface area contributed by atoms with Crippen molar-refractivity contribution >= 4 is 22.6 Å². The maximum absolute atomic E-state index is 9.53. The first-order valence-electron chi connectivity index (χ1n) is 3.64. The Morgan fingerprint density at radius 1 is 0.833 bits per heavy atom. The molecule has 0 saturated heterocycles. The van der Waals surface area contributed by atoms with Crippen LogP contribution < -0.4 is 0 Å². The van der Waals surface area contributed by atoms with Gasteiger partial charge in [0.15, 0.2) is 0 Å². The van der Waals surface area contributed by atoms with E-state index < -0.39 is 0 Å². The Balaban J connectivity index is 3.60. The van der Waals surface area contributed by atoms with Gasteiger partial charge >= 0.3 is 0 Å². The van der Waals surface area contributed by atoms with Crippen LogP contribution in [0.4, 0.5) is 0 Å². The van der Waals surface area contributed by atoms with E-state index in [1.807, 2.05) is 13.8 Å². The number of phenolic OH excluding ortho intramolecular Hbond substituents is 2. The summed E-state index contributed by atoms with van der Waals surface area (Å²) in [5.41, 5.74) is 2.34. The van der Waals surface area contributed by atoms with Gasteiger partial charge in [0.25, 0.3) is 0 Å². The van der Waals surface area contributed by atoms with Crippen LogP contribution in [0.1, 0.15) is 16.7 Å². The van der Waals surface area contributed by atoms with Crippen molar-refractivity contribution in [1.29, 1.82) is 0 Å². The van der Waals surface area contributed by atoms with Gasteiger partial charge in [-0.05, 0) is 54.5 Å². The summed E-state index contributed by atoms with van der Waals surface area (Å²) in [6.45, 7) is 5.44. The van der Waals surface area contributed by atoms with E-state index in [0.29, 0.717) is 5.56 Å². The van der Waals surface area contributed by atoms with E-state index in [1.54, 1.807) is 6.92 Å². The van der Waals surface area contributed by atoms with Crippen LogP contribution in [0.5, 0.6) is 11.5 Å². The summed E-state index contributed by atoms with van der Waals surface area (Å²) in [6, 6.07) is 0. The van der Waals surface area contributed by atoms with E-state index in [4.69, 9.17) is 0 Å². The molecule has 0 amide bonds. The van der Waals surface area contributed by atoms with Gasteiger partial charge in [0.2, 0.25) is 0 Å². The largest absolute Gasteiger partial charge is 0.507 e. The van der Waals surface area contributed by atoms with Crippen LogP contribution in [0.15, 0.2) is 0 Å². The average molecular weight is 278 g/mol. The van der Waals surface area contributed by atoms with Gasteiger partial charge in [0.05, 0.1) is 3.57 Å². The van der Waals surface area contributed by atoms with Crippen molar-refractivity contribution in [2.24, 2.45) is 0 Å². The van der Waals surface area contributed by atoms with E-state index in [9.17, 15) is 10.2 Å². The van der Waals surface area contributed by atoms with E-state index in [2.05, 4.69) is 22.6 Å². The molecule has 0 aromatic heterocycles. The van der Waals surface area contributed by atoms with Gasteiger partial charge < -0.3 is 10.2 Å². The van der Waals surface area contributed by atoms with Crippen LogP contribution in [0.25, 0.3) is 0 Å². The second-order valence-corrected chi connectivity index (χ2v) is 3.96. The van der Waals surface area contributed by atoms with Crippen molar-refractivity contribution < 1.29 is 10.2 Å². The summed E-state index contributed by atoms with van der Waals surface area (Å²) in [4.78, 5) is 0. The fourth-order valence-corrected chi connectivity index (χ4v) is 1.89. The smallest absolute Gasteiger partial charge is 0.135 e. The zero-order valence-electron chi connectivity index (χ0n) is 7.27. The molecular weight excluding hydrogens is 267 g/mol. The van der Waals surface area contributed by atoms with E-state index in [0.717, 1.165) is 14.7 Å². The molecule has 12 heavy (non-hydrogen) atoms. The van der Waals surface area contributed by atoms with Crippen molar-refractivity contribution in [3.05, 3.63) is 20.3 Å². The van der Waals surface area contributed by atoms with Gasteiger partial charge in [0.1, 0.15) is 11.5 Å². The molecule has 2 N–H and O–H groups in total. The second kappa shape index (κ2) is 3.12. The number of benzene rings is 1. The van der Waals surface area contributed by atoms with Crippen LogP contribution in [-0.2, 0) is 0 Å². The highest BCUT2D eigenvalue weighted by Gasteiger charge is 2.13. The lowest BCUT2D eigenvalue weighted by molar-refractivity contribution is 0.437. The monoisotopic (exact) mass is 278 g/mol. The first kappa shape index (κ1) is 9.64. The molecule has 0 spiro atoms. The maximum Gasteiger partial charge on any atom is 0.135 e. The molecule has 0 atom stereocenters. The predicted octanol–water partition coefficient (Wildman–Crippen LogP) is 2.63. The molecular formula is C9H11IO2. The first-order valence-corrected chi connectivity index (χ1v) is 4.71. The number of hydrogen-bond donors (Lipinski definition) is 2. The van der Waals surface area contributed by atoms with Gasteiger partial charge in [-0.25, -0.2) is 0 Å². The lowest BCUT2D eigenvalue weighted by atomic mass is 10.0. The normalized spacial score (nSPS) is 10.3. The third kappa shape index (κ3) is 1.26. The van der Waals surface area contributed by atoms with Crippen molar-refractivity contribution in [3.8, 4) is 11.5 Å². The summed E-state index contributed by atoms with van der Waals surface area (Å²) < 4.78 is 0.820. The number of hydrogen-bond acceptors (Lipinski definition) is 2. The molecule has 1 rings (SSSR count). The third-order valence-corrected chi connectivity index (χ3v) is 3.49. The minimum Gasteiger partial charge on any atom is -0.507 e. The van der Waals surface area contributed by atoms with Gasteiger partial charge in [0, 0.05) is 5.56 Å². The molecule has 0 aliphatic heterocycles. The van der Waals surface area contributed by atoms with Gasteiger partial charge in [-0.15, -0.1) is 0 Å². The molecule has 0 saturated carbocycles. The lowest BCUT2D eigenvalue weighted by Crippen LogP contribution is -1.91. The molecule has 0 radical (unpaired) electrons. The molecule has 0 heterocycles. The van der Waals surface area contributed by atoms with Crippen LogP contribution in [0.3, 0.4) is 0 Å². The van der Waals surface area contributed by atoms with Crippen LogP contribution in [0, 0.1) is 24.3 Å². The number of aromatic hydroxyl groups is 2. The Morgan fingerprint density at radius 2 is 1.33 bits per heavy atom. The summed E-state index contributed by atoms with van der Waals surface area (Å²) in [6.07, 6.45) is 0. The van der Waals surface area contributed by atoms with E-state index in [1.165, 1.54) is 0 Å². The molecule has 66 valence electrons. The summed E-state index contributed by atoms with van der Waals surface area (Å²) >= 11 is 2.08. The highest BCUT2D eigenvalue weighted by Crippen LogP contribution is 2.36. The Labute approximate surface area is 85.4 Å². The van der Waals surface area contributed by atoms with Crippen LogP contribution >= 0.6 is 22.6 Å². The highest BCUT2D eigenvalue weighted by molar-refractivity contribution is 14.1. The fraction of sp³-hybridized carbons (Fsp3) is 0.333. The molecule has 0 unspecified atom stereocenters. The average Bonchev–Trinajstić information content (AvgIpc) is 2.08. The van der Waals surface area contributed by atoms with Gasteiger partial charge in [-0.1, -0.05) is 0 Å². The van der Waals surface area contributed by atoms with E-state index in [-0.39, 0.29) is 11.5 Å². The summed E-state index contributed by atoms with van der Waals surface area (Å²) in [5, 5.41) is 19.1. The molecule has 3 heteroatoms. The Kier molecular flexibility index (Phi) is 2.51.